The van der Waals surface area contributed by atoms with Crippen LogP contribution >= 0.6 is 0 Å². The van der Waals surface area contributed by atoms with Crippen LogP contribution in [-0.4, -0.2) is 17.5 Å². The molecule has 168 valence electrons. The maximum absolute atomic E-state index is 12.4. The molecule has 0 radical (unpaired) electrons. The minimum absolute atomic E-state index is 0.176. The zero-order chi connectivity index (χ0) is 21.3. The summed E-state index contributed by atoms with van der Waals surface area (Å²) in [6, 6.07) is 0.269. The number of hydrogen-bond acceptors (Lipinski definition) is 2. The summed E-state index contributed by atoms with van der Waals surface area (Å²) in [7, 11) is 0. The summed E-state index contributed by atoms with van der Waals surface area (Å²) in [5.41, 5.74) is 6.18. The van der Waals surface area contributed by atoms with Crippen LogP contribution in [0.5, 0.6) is 0 Å². The van der Waals surface area contributed by atoms with Gasteiger partial charge >= 0.3 is 0 Å². The first-order valence-corrected chi connectivity index (χ1v) is 12.4. The van der Waals surface area contributed by atoms with Gasteiger partial charge in [-0.3, -0.25) is 4.79 Å². The molecule has 0 fully saturated rings. The van der Waals surface area contributed by atoms with Crippen LogP contribution in [0.2, 0.25) is 0 Å². The lowest BCUT2D eigenvalue weighted by atomic mass is 9.82. The second-order valence-electron chi connectivity index (χ2n) is 9.61. The molecule has 2 unspecified atom stereocenters. The van der Waals surface area contributed by atoms with Gasteiger partial charge in [0.05, 0.1) is 0 Å². The lowest BCUT2D eigenvalue weighted by molar-refractivity contribution is -0.122. The monoisotopic (exact) mass is 396 g/mol. The Morgan fingerprint density at radius 2 is 1.32 bits per heavy atom. The Bertz CT molecular complexity index is 362. The first kappa shape index (κ1) is 27.4. The second kappa shape index (κ2) is 17.3. The third-order valence-electron chi connectivity index (χ3n) is 5.83. The molecule has 0 aliphatic carbocycles. The minimum atomic E-state index is -0.176. The number of nitrogens with one attached hydrogen (secondary N) is 1. The molecule has 0 rings (SSSR count). The fraction of sp³-hybridized carbons (Fsp3) is 0.960. The van der Waals surface area contributed by atoms with Crippen LogP contribution in [0.15, 0.2) is 0 Å². The van der Waals surface area contributed by atoms with Gasteiger partial charge in [0.15, 0.2) is 0 Å². The first-order valence-electron chi connectivity index (χ1n) is 12.4. The number of carbonyl (C=O) groups is 1. The summed E-state index contributed by atoms with van der Waals surface area (Å²) in [5.74, 6) is 0.729. The van der Waals surface area contributed by atoms with Crippen LogP contribution in [0.4, 0.5) is 0 Å². The highest BCUT2D eigenvalue weighted by Gasteiger charge is 2.26. The Hall–Kier alpha value is -0.570. The van der Waals surface area contributed by atoms with E-state index < -0.39 is 0 Å². The molecule has 28 heavy (non-hydrogen) atoms. The highest BCUT2D eigenvalue weighted by molar-refractivity contribution is 5.76. The SMILES string of the molecule is CCCCCCCCCC(CC(C)(C)N)C(CC)NC(=O)CCCCCCC. The summed E-state index contributed by atoms with van der Waals surface area (Å²) >= 11 is 0. The third kappa shape index (κ3) is 16.4. The van der Waals surface area contributed by atoms with Crippen LogP contribution in [0, 0.1) is 5.92 Å². The number of unbranched alkanes of at least 4 members (excludes halogenated alkanes) is 10. The molecule has 0 heterocycles. The van der Waals surface area contributed by atoms with E-state index in [0.717, 1.165) is 19.3 Å². The van der Waals surface area contributed by atoms with Crippen molar-refractivity contribution in [3.05, 3.63) is 0 Å². The highest BCUT2D eigenvalue weighted by Crippen LogP contribution is 2.25. The molecule has 2 atom stereocenters. The predicted octanol–water partition coefficient (Wildman–Crippen LogP) is 7.13. The molecule has 0 aliphatic rings. The lowest BCUT2D eigenvalue weighted by Gasteiger charge is -2.32. The minimum Gasteiger partial charge on any atom is -0.353 e. The zero-order valence-electron chi connectivity index (χ0n) is 20.0. The molecule has 3 heteroatoms. The van der Waals surface area contributed by atoms with E-state index in [-0.39, 0.29) is 17.5 Å². The van der Waals surface area contributed by atoms with Gasteiger partial charge in [-0.25, -0.2) is 0 Å². The van der Waals surface area contributed by atoms with Crippen molar-refractivity contribution in [2.75, 3.05) is 0 Å². The fourth-order valence-electron chi connectivity index (χ4n) is 4.21. The van der Waals surface area contributed by atoms with Gasteiger partial charge in [0.25, 0.3) is 0 Å². The van der Waals surface area contributed by atoms with Crippen molar-refractivity contribution < 1.29 is 4.79 Å². The number of amides is 1. The average Bonchev–Trinajstić information content (AvgIpc) is 2.63. The second-order valence-corrected chi connectivity index (χ2v) is 9.61. The molecule has 3 N–H and O–H groups in total. The Labute approximate surface area is 177 Å². The molecule has 0 aromatic rings. The van der Waals surface area contributed by atoms with Crippen LogP contribution in [0.25, 0.3) is 0 Å². The molecule has 0 spiro atoms. The van der Waals surface area contributed by atoms with Crippen LogP contribution in [-0.2, 0) is 4.79 Å². The normalized spacial score (nSPS) is 14.1. The number of rotatable bonds is 19. The summed E-state index contributed by atoms with van der Waals surface area (Å²) in [4.78, 5) is 12.4. The fourth-order valence-corrected chi connectivity index (χ4v) is 4.21. The molecule has 0 aromatic heterocycles. The van der Waals surface area contributed by atoms with Crippen LogP contribution in [0.1, 0.15) is 137 Å². The van der Waals surface area contributed by atoms with Gasteiger partial charge in [0.2, 0.25) is 5.91 Å². The van der Waals surface area contributed by atoms with Gasteiger partial charge in [-0.1, -0.05) is 91.4 Å². The molecular weight excluding hydrogens is 344 g/mol. The van der Waals surface area contributed by atoms with E-state index in [1.54, 1.807) is 0 Å². The van der Waals surface area contributed by atoms with Crippen LogP contribution < -0.4 is 11.1 Å². The average molecular weight is 397 g/mol. The van der Waals surface area contributed by atoms with Crippen molar-refractivity contribution in [2.24, 2.45) is 11.7 Å². The topological polar surface area (TPSA) is 55.1 Å². The number of carbonyl (C=O) groups excluding carboxylic acids is 1. The quantitative estimate of drug-likeness (QED) is 0.228. The largest absolute Gasteiger partial charge is 0.353 e. The Morgan fingerprint density at radius 1 is 0.821 bits per heavy atom. The maximum atomic E-state index is 12.4. The maximum Gasteiger partial charge on any atom is 0.220 e. The van der Waals surface area contributed by atoms with E-state index in [9.17, 15) is 4.79 Å². The molecule has 0 saturated heterocycles. The summed E-state index contributed by atoms with van der Waals surface area (Å²) in [6.07, 6.45) is 19.2. The van der Waals surface area contributed by atoms with Crippen molar-refractivity contribution in [3.63, 3.8) is 0 Å². The van der Waals surface area contributed by atoms with Crippen molar-refractivity contribution in [2.45, 2.75) is 149 Å². The molecule has 0 aliphatic heterocycles. The molecular formula is C25H52N2O. The van der Waals surface area contributed by atoms with E-state index in [1.807, 2.05) is 0 Å². The van der Waals surface area contributed by atoms with E-state index in [1.165, 1.54) is 77.0 Å². The van der Waals surface area contributed by atoms with E-state index >= 15 is 0 Å². The number of hydrogen-bond donors (Lipinski definition) is 2. The van der Waals surface area contributed by atoms with Gasteiger partial charge in [-0.2, -0.15) is 0 Å². The van der Waals surface area contributed by atoms with Crippen molar-refractivity contribution in [1.82, 2.24) is 5.32 Å². The first-order chi connectivity index (χ1) is 13.3. The summed E-state index contributed by atoms with van der Waals surface area (Å²) in [5, 5.41) is 3.35. The van der Waals surface area contributed by atoms with Gasteiger partial charge in [-0.05, 0) is 45.4 Å². The van der Waals surface area contributed by atoms with Gasteiger partial charge in [-0.15, -0.1) is 0 Å². The Balaban J connectivity index is 4.40. The Kier molecular flexibility index (Phi) is 16.9. The summed E-state index contributed by atoms with van der Waals surface area (Å²) < 4.78 is 0. The van der Waals surface area contributed by atoms with Gasteiger partial charge in [0, 0.05) is 18.0 Å². The molecule has 3 nitrogen and oxygen atoms in total. The van der Waals surface area contributed by atoms with Crippen molar-refractivity contribution in [1.29, 1.82) is 0 Å². The standard InChI is InChI=1S/C25H52N2O/c1-6-9-11-13-14-16-17-19-22(21-25(4,5)26)23(8-3)27-24(28)20-18-15-12-10-7-2/h22-23H,6-21,26H2,1-5H3,(H,27,28). The van der Waals surface area contributed by atoms with E-state index in [0.29, 0.717) is 12.3 Å². The highest BCUT2D eigenvalue weighted by atomic mass is 16.1. The van der Waals surface area contributed by atoms with E-state index in [2.05, 4.69) is 39.9 Å². The predicted molar refractivity (Wildman–Crippen MR) is 125 cm³/mol. The zero-order valence-corrected chi connectivity index (χ0v) is 20.0. The molecule has 0 saturated carbocycles. The summed E-state index contributed by atoms with van der Waals surface area (Å²) in [6.45, 7) is 10.9. The van der Waals surface area contributed by atoms with Crippen LogP contribution in [0.3, 0.4) is 0 Å². The molecule has 0 bridgehead atoms. The Morgan fingerprint density at radius 3 is 1.82 bits per heavy atom. The van der Waals surface area contributed by atoms with Gasteiger partial charge in [0.1, 0.15) is 0 Å². The lowest BCUT2D eigenvalue weighted by Crippen LogP contribution is -2.44. The van der Waals surface area contributed by atoms with Crippen molar-refractivity contribution >= 4 is 5.91 Å². The molecule has 1 amide bonds. The number of nitrogens with two attached hydrogens (primary N) is 1. The van der Waals surface area contributed by atoms with Gasteiger partial charge < -0.3 is 11.1 Å². The third-order valence-corrected chi connectivity index (χ3v) is 5.83. The smallest absolute Gasteiger partial charge is 0.220 e. The molecule has 0 aromatic carbocycles. The van der Waals surface area contributed by atoms with E-state index in [4.69, 9.17) is 5.73 Å². The van der Waals surface area contributed by atoms with Crippen molar-refractivity contribution in [3.8, 4) is 0 Å².